The number of rotatable bonds is 1. The summed E-state index contributed by atoms with van der Waals surface area (Å²) in [6.45, 7) is 0. The molecule has 0 fully saturated rings. The third-order valence-electron chi connectivity index (χ3n) is 2.36. The average Bonchev–Trinajstić information content (AvgIpc) is 2.74. The van der Waals surface area contributed by atoms with Gasteiger partial charge in [-0.3, -0.25) is 9.38 Å². The molecule has 17 heavy (non-hydrogen) atoms. The number of fused-ring (bicyclic) bond motifs is 1. The topological polar surface area (TPSA) is 43.1 Å². The molecule has 1 aromatic carbocycles. The first-order valence-corrected chi connectivity index (χ1v) is 6.32. The zero-order valence-corrected chi connectivity index (χ0v) is 11.4. The van der Waals surface area contributed by atoms with Crippen LogP contribution in [0.25, 0.3) is 17.0 Å². The molecule has 84 valence electrons. The van der Waals surface area contributed by atoms with Gasteiger partial charge in [0, 0.05) is 9.13 Å². The Hall–Kier alpha value is -1.21. The van der Waals surface area contributed by atoms with Crippen LogP contribution in [0.3, 0.4) is 0 Å². The molecule has 0 saturated carbocycles. The van der Waals surface area contributed by atoms with Crippen molar-refractivity contribution in [1.29, 1.82) is 0 Å². The third kappa shape index (κ3) is 1.89. The molecule has 3 aromatic rings. The summed E-state index contributed by atoms with van der Waals surface area (Å²) >= 11 is 8.37. The van der Waals surface area contributed by atoms with Gasteiger partial charge in [-0.2, -0.15) is 0 Å². The number of aromatic nitrogens is 4. The van der Waals surface area contributed by atoms with E-state index in [9.17, 15) is 0 Å². The lowest BCUT2D eigenvalue weighted by Gasteiger charge is -2.02. The Morgan fingerprint density at radius 3 is 2.88 bits per heavy atom. The Bertz CT molecular complexity index is 695. The van der Waals surface area contributed by atoms with Gasteiger partial charge in [-0.1, -0.05) is 23.7 Å². The second-order valence-corrected chi connectivity index (χ2v) is 5.09. The lowest BCUT2D eigenvalue weighted by molar-refractivity contribution is 1.11. The molecule has 0 atom stereocenters. The number of hydrogen-bond donors (Lipinski definition) is 0. The highest BCUT2D eigenvalue weighted by Gasteiger charge is 2.10. The first-order chi connectivity index (χ1) is 8.25. The molecule has 0 aliphatic carbocycles. The molecule has 0 unspecified atom stereocenters. The lowest BCUT2D eigenvalue weighted by Crippen LogP contribution is -1.92. The van der Waals surface area contributed by atoms with E-state index in [-0.39, 0.29) is 0 Å². The maximum atomic E-state index is 6.11. The average molecular weight is 357 g/mol. The van der Waals surface area contributed by atoms with Gasteiger partial charge in [-0.05, 0) is 34.7 Å². The van der Waals surface area contributed by atoms with Crippen molar-refractivity contribution in [2.45, 2.75) is 0 Å². The predicted molar refractivity (Wildman–Crippen MR) is 73.9 cm³/mol. The monoisotopic (exact) mass is 356 g/mol. The van der Waals surface area contributed by atoms with E-state index in [1.165, 1.54) is 0 Å². The first kappa shape index (κ1) is 10.9. The molecule has 0 saturated heterocycles. The van der Waals surface area contributed by atoms with E-state index in [0.717, 1.165) is 15.0 Å². The number of hydrogen-bond acceptors (Lipinski definition) is 3. The van der Waals surface area contributed by atoms with Crippen LogP contribution >= 0.6 is 34.2 Å². The van der Waals surface area contributed by atoms with Crippen molar-refractivity contribution >= 4 is 39.8 Å². The van der Waals surface area contributed by atoms with E-state index in [1.807, 2.05) is 24.3 Å². The number of nitrogens with zero attached hydrogens (tertiary/aromatic N) is 4. The summed E-state index contributed by atoms with van der Waals surface area (Å²) in [6, 6.07) is 8.02. The summed E-state index contributed by atoms with van der Waals surface area (Å²) in [7, 11) is 0. The van der Waals surface area contributed by atoms with Crippen molar-refractivity contribution in [3.8, 4) is 11.4 Å². The van der Waals surface area contributed by atoms with E-state index in [0.29, 0.717) is 10.8 Å². The molecular formula is C11H6ClIN4. The Kier molecular flexibility index (Phi) is 2.71. The quantitative estimate of drug-likeness (QED) is 0.630. The molecule has 0 aliphatic heterocycles. The van der Waals surface area contributed by atoms with E-state index in [1.54, 1.807) is 16.8 Å². The Morgan fingerprint density at radius 2 is 2.06 bits per heavy atom. The summed E-state index contributed by atoms with van der Waals surface area (Å²) < 4.78 is 2.92. The molecule has 0 bridgehead atoms. The normalized spacial score (nSPS) is 10.9. The summed E-state index contributed by atoms with van der Waals surface area (Å²) in [5.74, 6) is 0.728. The van der Waals surface area contributed by atoms with Crippen molar-refractivity contribution in [2.24, 2.45) is 0 Å². The van der Waals surface area contributed by atoms with Gasteiger partial charge in [-0.15, -0.1) is 10.2 Å². The number of halogens is 2. The maximum absolute atomic E-state index is 6.11. The van der Waals surface area contributed by atoms with E-state index in [2.05, 4.69) is 37.8 Å². The Morgan fingerprint density at radius 1 is 1.18 bits per heavy atom. The van der Waals surface area contributed by atoms with Crippen LogP contribution in [0.4, 0.5) is 0 Å². The van der Waals surface area contributed by atoms with E-state index >= 15 is 0 Å². The molecule has 0 amide bonds. The van der Waals surface area contributed by atoms with Gasteiger partial charge in [0.2, 0.25) is 0 Å². The van der Waals surface area contributed by atoms with Crippen LogP contribution in [0.15, 0.2) is 36.7 Å². The number of benzene rings is 1. The first-order valence-electron chi connectivity index (χ1n) is 4.86. The highest BCUT2D eigenvalue weighted by atomic mass is 127. The SMILES string of the molecule is Clc1cncc2nnc(-c3cccc(I)c3)n12. The van der Waals surface area contributed by atoms with Crippen molar-refractivity contribution in [2.75, 3.05) is 0 Å². The van der Waals surface area contributed by atoms with Crippen LogP contribution in [0.1, 0.15) is 0 Å². The predicted octanol–water partition coefficient (Wildman–Crippen LogP) is 3.05. The minimum absolute atomic E-state index is 0.501. The van der Waals surface area contributed by atoms with Crippen LogP contribution in [-0.2, 0) is 0 Å². The molecule has 3 rings (SSSR count). The van der Waals surface area contributed by atoms with Gasteiger partial charge in [0.25, 0.3) is 0 Å². The molecular weight excluding hydrogens is 351 g/mol. The van der Waals surface area contributed by atoms with Crippen LogP contribution in [-0.4, -0.2) is 19.6 Å². The standard InChI is InChI=1S/C11H6ClIN4/c12-9-5-14-6-10-15-16-11(17(9)10)7-2-1-3-8(13)4-7/h1-6H. The molecule has 6 heteroatoms. The summed E-state index contributed by atoms with van der Waals surface area (Å²) in [4.78, 5) is 3.98. The van der Waals surface area contributed by atoms with Crippen LogP contribution in [0.5, 0.6) is 0 Å². The summed E-state index contributed by atoms with van der Waals surface area (Å²) in [5.41, 5.74) is 1.63. The maximum Gasteiger partial charge on any atom is 0.180 e. The Labute approximate surface area is 116 Å². The van der Waals surface area contributed by atoms with Crippen LogP contribution < -0.4 is 0 Å². The Balaban J connectivity index is 2.31. The zero-order valence-electron chi connectivity index (χ0n) is 8.51. The van der Waals surface area contributed by atoms with Gasteiger partial charge >= 0.3 is 0 Å². The van der Waals surface area contributed by atoms with Crippen LogP contribution in [0.2, 0.25) is 5.15 Å². The third-order valence-corrected chi connectivity index (χ3v) is 3.29. The smallest absolute Gasteiger partial charge is 0.180 e. The fourth-order valence-corrected chi connectivity index (χ4v) is 2.39. The molecule has 2 aromatic heterocycles. The van der Waals surface area contributed by atoms with E-state index < -0.39 is 0 Å². The second kappa shape index (κ2) is 4.23. The highest BCUT2D eigenvalue weighted by molar-refractivity contribution is 14.1. The molecule has 0 N–H and O–H groups in total. The van der Waals surface area contributed by atoms with Crippen LogP contribution in [0, 0.1) is 3.57 Å². The fraction of sp³-hybridized carbons (Fsp3) is 0. The second-order valence-electron chi connectivity index (χ2n) is 3.46. The van der Waals surface area contributed by atoms with E-state index in [4.69, 9.17) is 11.6 Å². The lowest BCUT2D eigenvalue weighted by atomic mass is 10.2. The minimum atomic E-state index is 0.501. The van der Waals surface area contributed by atoms with Crippen molar-refractivity contribution < 1.29 is 0 Å². The fourth-order valence-electron chi connectivity index (χ4n) is 1.63. The van der Waals surface area contributed by atoms with Crippen molar-refractivity contribution in [1.82, 2.24) is 19.6 Å². The van der Waals surface area contributed by atoms with Gasteiger partial charge in [-0.25, -0.2) is 0 Å². The molecule has 2 heterocycles. The molecule has 0 aliphatic rings. The van der Waals surface area contributed by atoms with Gasteiger partial charge in [0.15, 0.2) is 11.5 Å². The zero-order chi connectivity index (χ0) is 11.8. The van der Waals surface area contributed by atoms with Gasteiger partial charge in [0.05, 0.1) is 12.4 Å². The minimum Gasteiger partial charge on any atom is -0.262 e. The van der Waals surface area contributed by atoms with Gasteiger partial charge in [0.1, 0.15) is 5.15 Å². The summed E-state index contributed by atoms with van der Waals surface area (Å²) in [5, 5.41) is 8.70. The molecule has 0 radical (unpaired) electrons. The molecule has 4 nitrogen and oxygen atoms in total. The summed E-state index contributed by atoms with van der Waals surface area (Å²) in [6.07, 6.45) is 3.21. The van der Waals surface area contributed by atoms with Crippen molar-refractivity contribution in [3.05, 3.63) is 45.4 Å². The van der Waals surface area contributed by atoms with Crippen molar-refractivity contribution in [3.63, 3.8) is 0 Å². The largest absolute Gasteiger partial charge is 0.262 e. The molecule has 0 spiro atoms. The van der Waals surface area contributed by atoms with Gasteiger partial charge < -0.3 is 0 Å². The highest BCUT2D eigenvalue weighted by Crippen LogP contribution is 2.22.